The van der Waals surface area contributed by atoms with Crippen LogP contribution >= 0.6 is 22.6 Å². The fraction of sp³-hybridized carbons (Fsp3) is 0.387. The highest BCUT2D eigenvalue weighted by Crippen LogP contribution is 2.44. The molecule has 0 radical (unpaired) electrons. The Bertz CT molecular complexity index is 1280. The summed E-state index contributed by atoms with van der Waals surface area (Å²) in [5.74, 6) is -0.990. The van der Waals surface area contributed by atoms with E-state index in [-0.39, 0.29) is 11.6 Å². The van der Waals surface area contributed by atoms with Gasteiger partial charge >= 0.3 is 12.1 Å². The molecule has 1 fully saturated rings. The first-order valence-electron chi connectivity index (χ1n) is 13.2. The number of fused-ring (bicyclic) bond motifs is 1. The number of carbonyl (C=O) groups is 1. The average Bonchev–Trinajstić information content (AvgIpc) is 2.94. The molecule has 1 aliphatic heterocycles. The molecule has 206 valence electrons. The lowest BCUT2D eigenvalue weighted by Crippen LogP contribution is -2.57. The second kappa shape index (κ2) is 11.6. The van der Waals surface area contributed by atoms with Crippen LogP contribution in [0.25, 0.3) is 0 Å². The second-order valence-corrected chi connectivity index (χ2v) is 11.4. The van der Waals surface area contributed by atoms with Gasteiger partial charge in [0, 0.05) is 22.7 Å². The van der Waals surface area contributed by atoms with Crippen molar-refractivity contribution in [2.75, 3.05) is 20.2 Å². The number of piperidine rings is 1. The molecule has 2 aliphatic rings. The van der Waals surface area contributed by atoms with E-state index in [1.807, 2.05) is 36.4 Å². The van der Waals surface area contributed by atoms with E-state index in [9.17, 15) is 18.0 Å². The van der Waals surface area contributed by atoms with Crippen LogP contribution in [0.1, 0.15) is 41.0 Å². The fourth-order valence-corrected chi connectivity index (χ4v) is 6.87. The van der Waals surface area contributed by atoms with E-state index in [0.29, 0.717) is 18.8 Å². The molecule has 1 saturated heterocycles. The van der Waals surface area contributed by atoms with Gasteiger partial charge in [-0.05, 0) is 83.6 Å². The van der Waals surface area contributed by atoms with Gasteiger partial charge < -0.3 is 9.47 Å². The van der Waals surface area contributed by atoms with Crippen LogP contribution in [-0.2, 0) is 32.7 Å². The van der Waals surface area contributed by atoms with Crippen LogP contribution in [0.2, 0.25) is 0 Å². The highest BCUT2D eigenvalue weighted by Gasteiger charge is 2.64. The minimum Gasteiger partial charge on any atom is -0.458 e. The summed E-state index contributed by atoms with van der Waals surface area (Å²) in [4.78, 5) is 15.9. The third-order valence-corrected chi connectivity index (χ3v) is 9.19. The van der Waals surface area contributed by atoms with E-state index < -0.39 is 23.9 Å². The van der Waals surface area contributed by atoms with Crippen LogP contribution in [0.3, 0.4) is 0 Å². The van der Waals surface area contributed by atoms with Crippen molar-refractivity contribution < 1.29 is 27.4 Å². The second-order valence-electron chi connectivity index (χ2n) is 10.3. The molecule has 0 amide bonds. The first-order chi connectivity index (χ1) is 18.7. The number of alkyl halides is 3. The summed E-state index contributed by atoms with van der Waals surface area (Å²) < 4.78 is 55.7. The monoisotopic (exact) mass is 649 g/mol. The largest absolute Gasteiger partial charge is 0.458 e. The number of carbonyl (C=O) groups excluding carboxylic acids is 1. The van der Waals surface area contributed by atoms with Gasteiger partial charge in [0.05, 0.1) is 6.04 Å². The first kappa shape index (κ1) is 28.1. The van der Waals surface area contributed by atoms with Gasteiger partial charge in [0.25, 0.3) is 5.60 Å². The zero-order valence-electron chi connectivity index (χ0n) is 21.7. The van der Waals surface area contributed by atoms with Crippen molar-refractivity contribution in [3.8, 4) is 0 Å². The molecule has 0 saturated carbocycles. The fourth-order valence-electron chi connectivity index (χ4n) is 6.10. The van der Waals surface area contributed by atoms with Crippen LogP contribution in [0, 0.1) is 3.57 Å². The smallest absolute Gasteiger partial charge is 0.432 e. The van der Waals surface area contributed by atoms with E-state index in [2.05, 4.69) is 39.6 Å². The van der Waals surface area contributed by atoms with Crippen molar-refractivity contribution in [1.82, 2.24) is 4.90 Å². The number of benzene rings is 3. The van der Waals surface area contributed by atoms with E-state index in [1.165, 1.54) is 35.4 Å². The Labute approximate surface area is 240 Å². The van der Waals surface area contributed by atoms with Gasteiger partial charge in [-0.3, -0.25) is 4.90 Å². The highest BCUT2D eigenvalue weighted by atomic mass is 127. The van der Waals surface area contributed by atoms with Gasteiger partial charge in [0.2, 0.25) is 0 Å². The van der Waals surface area contributed by atoms with Gasteiger partial charge in [-0.25, -0.2) is 4.79 Å². The summed E-state index contributed by atoms with van der Waals surface area (Å²) in [6.45, 7) is 1.56. The molecule has 4 nitrogen and oxygen atoms in total. The molecule has 3 atom stereocenters. The van der Waals surface area contributed by atoms with Gasteiger partial charge in [-0.1, -0.05) is 72.8 Å². The minimum absolute atomic E-state index is 0.229. The normalized spacial score (nSPS) is 22.1. The number of ether oxygens (including phenoxy) is 2. The third-order valence-electron chi connectivity index (χ3n) is 8.18. The molecular weight excluding hydrogens is 618 g/mol. The van der Waals surface area contributed by atoms with Crippen molar-refractivity contribution in [2.45, 2.75) is 55.5 Å². The number of likely N-dealkylation sites (tertiary alicyclic amines) is 1. The summed E-state index contributed by atoms with van der Waals surface area (Å²) in [5.41, 5.74) is -0.00952. The zero-order chi connectivity index (χ0) is 27.6. The lowest BCUT2D eigenvalue weighted by Gasteiger charge is -2.44. The molecule has 5 rings (SSSR count). The number of rotatable bonds is 6. The number of halogens is 4. The zero-order valence-corrected chi connectivity index (χ0v) is 23.8. The number of esters is 1. The van der Waals surface area contributed by atoms with Crippen molar-refractivity contribution >= 4 is 28.6 Å². The maximum atomic E-state index is 14.6. The van der Waals surface area contributed by atoms with Gasteiger partial charge in [-0.2, -0.15) is 13.2 Å². The molecule has 0 spiro atoms. The molecule has 3 aromatic carbocycles. The Morgan fingerprint density at radius 1 is 0.897 bits per heavy atom. The molecule has 8 heteroatoms. The highest BCUT2D eigenvalue weighted by molar-refractivity contribution is 14.1. The quantitative estimate of drug-likeness (QED) is 0.222. The Kier molecular flexibility index (Phi) is 8.35. The Morgan fingerprint density at radius 2 is 1.54 bits per heavy atom. The van der Waals surface area contributed by atoms with Crippen molar-refractivity contribution in [3.63, 3.8) is 0 Å². The summed E-state index contributed by atoms with van der Waals surface area (Å²) >= 11 is 2.31. The van der Waals surface area contributed by atoms with Gasteiger partial charge in [0.1, 0.15) is 6.10 Å². The summed E-state index contributed by atoms with van der Waals surface area (Å²) in [6, 6.07) is 23.1. The van der Waals surface area contributed by atoms with Crippen molar-refractivity contribution in [3.05, 3.63) is 105 Å². The van der Waals surface area contributed by atoms with E-state index >= 15 is 0 Å². The predicted octanol–water partition coefficient (Wildman–Crippen LogP) is 6.65. The number of methoxy groups -OCH3 is 1. The van der Waals surface area contributed by atoms with Crippen LogP contribution in [0.4, 0.5) is 13.2 Å². The summed E-state index contributed by atoms with van der Waals surface area (Å²) in [6.07, 6.45) is -2.90. The van der Waals surface area contributed by atoms with Crippen LogP contribution in [0.5, 0.6) is 0 Å². The molecule has 0 bridgehead atoms. The van der Waals surface area contributed by atoms with Crippen LogP contribution in [0.15, 0.2) is 78.9 Å². The molecule has 39 heavy (non-hydrogen) atoms. The van der Waals surface area contributed by atoms with E-state index in [1.54, 1.807) is 6.07 Å². The number of hydrogen-bond donors (Lipinski definition) is 0. The number of nitrogens with zero attached hydrogens (tertiary/aromatic N) is 1. The van der Waals surface area contributed by atoms with Crippen molar-refractivity contribution in [1.29, 1.82) is 0 Å². The first-order valence-corrected chi connectivity index (χ1v) is 14.3. The van der Waals surface area contributed by atoms with Gasteiger partial charge in [-0.15, -0.1) is 0 Å². The average molecular weight is 649 g/mol. The van der Waals surface area contributed by atoms with Gasteiger partial charge in [0.15, 0.2) is 0 Å². The molecule has 1 heterocycles. The lowest BCUT2D eigenvalue weighted by atomic mass is 9.82. The molecule has 3 aromatic rings. The maximum Gasteiger partial charge on any atom is 0.432 e. The SMILES string of the molecule is CO[C@@](C(=O)O[C@@H]1Cc2cccc(I)c2C[C@H]1N1CCC(c2ccccc2)CC1)(c1ccccc1)C(F)(F)F. The topological polar surface area (TPSA) is 38.8 Å². The Balaban J connectivity index is 1.44. The summed E-state index contributed by atoms with van der Waals surface area (Å²) in [5, 5.41) is 0. The molecule has 0 unspecified atom stereocenters. The third kappa shape index (κ3) is 5.47. The standard InChI is InChI=1S/C31H31F3INO3/c1-38-30(31(32,33)34,24-12-6-3-7-13-24)29(37)39-28-19-23-11-8-14-26(35)25(23)20-27(28)36-17-15-22(16-18-36)21-9-4-2-5-10-21/h2-14,22,27-28H,15-20H2,1H3/t27-,28-,30-/m1/s1. The number of hydrogen-bond acceptors (Lipinski definition) is 4. The van der Waals surface area contributed by atoms with Crippen LogP contribution in [-0.4, -0.2) is 49.4 Å². The summed E-state index contributed by atoms with van der Waals surface area (Å²) in [7, 11) is 0.909. The molecule has 1 aliphatic carbocycles. The Hall–Kier alpha value is -2.43. The molecule has 0 N–H and O–H groups in total. The lowest BCUT2D eigenvalue weighted by molar-refractivity contribution is -0.279. The predicted molar refractivity (Wildman–Crippen MR) is 151 cm³/mol. The molecular formula is C31H31F3INO3. The van der Waals surface area contributed by atoms with Crippen molar-refractivity contribution in [2.24, 2.45) is 0 Å². The minimum atomic E-state index is -5.01. The molecule has 0 aromatic heterocycles. The van der Waals surface area contributed by atoms with E-state index in [0.717, 1.165) is 42.2 Å². The Morgan fingerprint density at radius 3 is 2.15 bits per heavy atom. The van der Waals surface area contributed by atoms with E-state index in [4.69, 9.17) is 9.47 Å². The maximum absolute atomic E-state index is 14.6. The van der Waals surface area contributed by atoms with Crippen LogP contribution < -0.4 is 0 Å².